The summed E-state index contributed by atoms with van der Waals surface area (Å²) in [7, 11) is -3.60. The van der Waals surface area contributed by atoms with Gasteiger partial charge in [0.15, 0.2) is 0 Å². The zero-order chi connectivity index (χ0) is 14.9. The molecule has 0 aliphatic rings. The van der Waals surface area contributed by atoms with Gasteiger partial charge in [-0.25, -0.2) is 8.42 Å². The molecular formula is C15H16ClNO2S. The molecule has 0 fully saturated rings. The highest BCUT2D eigenvalue weighted by Gasteiger charge is 2.16. The number of hydrogen-bond donors (Lipinski definition) is 1. The number of aryl methyl sites for hydroxylation is 3. The monoisotopic (exact) mass is 309 g/mol. The summed E-state index contributed by atoms with van der Waals surface area (Å²) >= 11 is 5.92. The molecule has 0 bridgehead atoms. The maximum absolute atomic E-state index is 12.4. The molecule has 0 atom stereocenters. The van der Waals surface area contributed by atoms with E-state index in [2.05, 4.69) is 4.72 Å². The van der Waals surface area contributed by atoms with Gasteiger partial charge in [-0.2, -0.15) is 0 Å². The molecule has 0 aromatic heterocycles. The van der Waals surface area contributed by atoms with Crippen LogP contribution in [0.4, 0.5) is 5.69 Å². The Morgan fingerprint density at radius 3 is 2.30 bits per heavy atom. The number of rotatable bonds is 3. The Kier molecular flexibility index (Phi) is 4.06. The van der Waals surface area contributed by atoms with Crippen LogP contribution in [0.1, 0.15) is 16.7 Å². The summed E-state index contributed by atoms with van der Waals surface area (Å²) in [6, 6.07) is 10.3. The standard InChI is InChI=1S/C15H16ClNO2S/c1-10-4-5-11(2)15(8-10)17-20(18,19)13-6-7-14(16)12(3)9-13/h4-9,17H,1-3H3. The molecule has 0 radical (unpaired) electrons. The highest BCUT2D eigenvalue weighted by Crippen LogP contribution is 2.23. The van der Waals surface area contributed by atoms with Gasteiger partial charge in [-0.3, -0.25) is 4.72 Å². The van der Waals surface area contributed by atoms with Crippen molar-refractivity contribution < 1.29 is 8.42 Å². The quantitative estimate of drug-likeness (QED) is 0.929. The lowest BCUT2D eigenvalue weighted by Gasteiger charge is -2.12. The van der Waals surface area contributed by atoms with Crippen LogP contribution >= 0.6 is 11.6 Å². The van der Waals surface area contributed by atoms with E-state index in [4.69, 9.17) is 11.6 Å². The van der Waals surface area contributed by atoms with Crippen molar-refractivity contribution in [2.75, 3.05) is 4.72 Å². The number of anilines is 1. The van der Waals surface area contributed by atoms with Crippen molar-refractivity contribution in [2.45, 2.75) is 25.7 Å². The van der Waals surface area contributed by atoms with Crippen LogP contribution in [0, 0.1) is 20.8 Å². The molecule has 0 aliphatic heterocycles. The van der Waals surface area contributed by atoms with E-state index in [1.54, 1.807) is 19.1 Å². The fourth-order valence-electron chi connectivity index (χ4n) is 1.83. The van der Waals surface area contributed by atoms with E-state index in [-0.39, 0.29) is 4.90 Å². The van der Waals surface area contributed by atoms with Gasteiger partial charge in [0.2, 0.25) is 0 Å². The average molecular weight is 310 g/mol. The normalized spacial score (nSPS) is 11.4. The van der Waals surface area contributed by atoms with Crippen molar-refractivity contribution in [1.29, 1.82) is 0 Å². The van der Waals surface area contributed by atoms with E-state index in [1.165, 1.54) is 6.07 Å². The summed E-state index contributed by atoms with van der Waals surface area (Å²) in [5, 5.41) is 0.552. The van der Waals surface area contributed by atoms with Crippen LogP contribution in [0.25, 0.3) is 0 Å². The molecule has 0 unspecified atom stereocenters. The van der Waals surface area contributed by atoms with Gasteiger partial charge in [0.1, 0.15) is 0 Å². The van der Waals surface area contributed by atoms with Crippen LogP contribution in [-0.4, -0.2) is 8.42 Å². The average Bonchev–Trinajstić information content (AvgIpc) is 2.36. The van der Waals surface area contributed by atoms with E-state index in [1.807, 2.05) is 32.0 Å². The topological polar surface area (TPSA) is 46.2 Å². The fourth-order valence-corrected chi connectivity index (χ4v) is 3.16. The fraction of sp³-hybridized carbons (Fsp3) is 0.200. The number of nitrogens with one attached hydrogen (secondary N) is 1. The summed E-state index contributed by atoms with van der Waals surface area (Å²) in [6.07, 6.45) is 0. The Morgan fingerprint density at radius 1 is 0.950 bits per heavy atom. The maximum Gasteiger partial charge on any atom is 0.261 e. The smallest absolute Gasteiger partial charge is 0.261 e. The zero-order valence-corrected chi connectivity index (χ0v) is 13.1. The lowest BCUT2D eigenvalue weighted by atomic mass is 10.1. The third-order valence-corrected chi connectivity index (χ3v) is 4.86. The van der Waals surface area contributed by atoms with E-state index in [0.717, 1.165) is 16.7 Å². The van der Waals surface area contributed by atoms with E-state index < -0.39 is 10.0 Å². The summed E-state index contributed by atoms with van der Waals surface area (Å²) < 4.78 is 27.4. The minimum Gasteiger partial charge on any atom is -0.279 e. The van der Waals surface area contributed by atoms with Crippen molar-refractivity contribution >= 4 is 27.3 Å². The second-order valence-electron chi connectivity index (χ2n) is 4.83. The molecular weight excluding hydrogens is 294 g/mol. The summed E-state index contributed by atoms with van der Waals surface area (Å²) in [5.41, 5.74) is 3.21. The molecule has 0 saturated carbocycles. The van der Waals surface area contributed by atoms with Gasteiger partial charge in [-0.15, -0.1) is 0 Å². The number of benzene rings is 2. The first-order valence-electron chi connectivity index (χ1n) is 6.16. The lowest BCUT2D eigenvalue weighted by molar-refractivity contribution is 0.601. The summed E-state index contributed by atoms with van der Waals surface area (Å²) in [6.45, 7) is 5.56. The van der Waals surface area contributed by atoms with Crippen LogP contribution in [-0.2, 0) is 10.0 Å². The molecule has 0 spiro atoms. The molecule has 2 aromatic rings. The maximum atomic E-state index is 12.4. The largest absolute Gasteiger partial charge is 0.279 e. The Balaban J connectivity index is 2.40. The molecule has 2 rings (SSSR count). The number of hydrogen-bond acceptors (Lipinski definition) is 2. The molecule has 0 saturated heterocycles. The third-order valence-electron chi connectivity index (χ3n) is 3.08. The molecule has 0 aliphatic carbocycles. The van der Waals surface area contributed by atoms with Crippen LogP contribution in [0.3, 0.4) is 0 Å². The minimum absolute atomic E-state index is 0.209. The van der Waals surface area contributed by atoms with Crippen LogP contribution in [0.15, 0.2) is 41.3 Å². The van der Waals surface area contributed by atoms with E-state index >= 15 is 0 Å². The predicted molar refractivity (Wildman–Crippen MR) is 82.9 cm³/mol. The molecule has 5 heteroatoms. The molecule has 3 nitrogen and oxygen atoms in total. The summed E-state index contributed by atoms with van der Waals surface area (Å²) in [4.78, 5) is 0.209. The first-order chi connectivity index (χ1) is 9.29. The van der Waals surface area contributed by atoms with Gasteiger partial charge in [0.05, 0.1) is 10.6 Å². The van der Waals surface area contributed by atoms with Crippen molar-refractivity contribution in [2.24, 2.45) is 0 Å². The van der Waals surface area contributed by atoms with Crippen molar-refractivity contribution in [3.8, 4) is 0 Å². The van der Waals surface area contributed by atoms with Crippen LogP contribution in [0.5, 0.6) is 0 Å². The van der Waals surface area contributed by atoms with Crippen molar-refractivity contribution in [3.63, 3.8) is 0 Å². The zero-order valence-electron chi connectivity index (χ0n) is 11.6. The number of sulfonamides is 1. The number of halogens is 1. The van der Waals surface area contributed by atoms with E-state index in [0.29, 0.717) is 10.7 Å². The minimum atomic E-state index is -3.60. The second kappa shape index (κ2) is 5.46. The Morgan fingerprint density at radius 2 is 1.65 bits per heavy atom. The van der Waals surface area contributed by atoms with E-state index in [9.17, 15) is 8.42 Å². The third kappa shape index (κ3) is 3.14. The SMILES string of the molecule is Cc1ccc(C)c(NS(=O)(=O)c2ccc(Cl)c(C)c2)c1. The van der Waals surface area contributed by atoms with Gasteiger partial charge < -0.3 is 0 Å². The van der Waals surface area contributed by atoms with Gasteiger partial charge in [0, 0.05) is 5.02 Å². The molecule has 0 heterocycles. The molecule has 106 valence electrons. The van der Waals surface area contributed by atoms with Gasteiger partial charge in [-0.05, 0) is 61.7 Å². The van der Waals surface area contributed by atoms with Gasteiger partial charge >= 0.3 is 0 Å². The molecule has 2 aromatic carbocycles. The highest BCUT2D eigenvalue weighted by atomic mass is 35.5. The van der Waals surface area contributed by atoms with Gasteiger partial charge in [0.25, 0.3) is 10.0 Å². The van der Waals surface area contributed by atoms with Crippen molar-refractivity contribution in [3.05, 3.63) is 58.1 Å². The second-order valence-corrected chi connectivity index (χ2v) is 6.92. The Labute approximate surface area is 124 Å². The Bertz CT molecular complexity index is 754. The summed E-state index contributed by atoms with van der Waals surface area (Å²) in [5.74, 6) is 0. The van der Waals surface area contributed by atoms with Crippen LogP contribution < -0.4 is 4.72 Å². The molecule has 20 heavy (non-hydrogen) atoms. The Hall–Kier alpha value is -1.52. The molecule has 0 amide bonds. The van der Waals surface area contributed by atoms with Crippen molar-refractivity contribution in [1.82, 2.24) is 0 Å². The lowest BCUT2D eigenvalue weighted by Crippen LogP contribution is -2.14. The predicted octanol–water partition coefficient (Wildman–Crippen LogP) is 4.07. The van der Waals surface area contributed by atoms with Gasteiger partial charge in [-0.1, -0.05) is 23.7 Å². The van der Waals surface area contributed by atoms with Crippen LogP contribution in [0.2, 0.25) is 5.02 Å². The first kappa shape index (κ1) is 14.9. The molecule has 1 N–H and O–H groups in total. The first-order valence-corrected chi connectivity index (χ1v) is 8.02. The highest BCUT2D eigenvalue weighted by molar-refractivity contribution is 7.92.